The summed E-state index contributed by atoms with van der Waals surface area (Å²) in [5.41, 5.74) is 0. The summed E-state index contributed by atoms with van der Waals surface area (Å²) < 4.78 is 10.6. The predicted octanol–water partition coefficient (Wildman–Crippen LogP) is -9.41. The van der Waals surface area contributed by atoms with Gasteiger partial charge in [0, 0.05) is 0 Å². The van der Waals surface area contributed by atoms with E-state index in [1.807, 2.05) is 0 Å². The lowest BCUT2D eigenvalue weighted by Gasteiger charge is -2.49. The van der Waals surface area contributed by atoms with E-state index in [9.17, 15) is 71.5 Å². The molecule has 3 saturated carbocycles. The molecule has 14 N–H and O–H groups in total. The quantitative estimate of drug-likeness (QED) is 0.169. The van der Waals surface area contributed by atoms with E-state index in [0.717, 1.165) is 0 Å². The maximum absolute atomic E-state index is 10.7. The Bertz CT molecular complexity index is 598. The smallest absolute Gasteiger partial charge is 0.115 e. The first kappa shape index (κ1) is 27.9. The molecule has 0 aromatic heterocycles. The number of hydrogen-bond acceptors (Lipinski definition) is 16. The highest BCUT2D eigenvalue weighted by Crippen LogP contribution is 2.33. The Hall–Kier alpha value is -0.640. The second-order valence-electron chi connectivity index (χ2n) is 9.00. The Labute approximate surface area is 191 Å². The highest BCUT2D eigenvalue weighted by molar-refractivity contribution is 5.06. The number of hydrogen-bond donors (Lipinski definition) is 14. The van der Waals surface area contributed by atoms with Gasteiger partial charge in [0.05, 0.1) is 0 Å². The molecule has 200 valence electrons. The average molecular weight is 504 g/mol. The van der Waals surface area contributed by atoms with Gasteiger partial charge in [-0.05, 0) is 0 Å². The zero-order valence-electron chi connectivity index (χ0n) is 17.5. The third-order valence-electron chi connectivity index (χ3n) is 6.82. The van der Waals surface area contributed by atoms with Gasteiger partial charge in [-0.2, -0.15) is 0 Å². The van der Waals surface area contributed by atoms with E-state index in [1.165, 1.54) is 0 Å². The van der Waals surface area contributed by atoms with Crippen molar-refractivity contribution >= 4 is 0 Å². The zero-order chi connectivity index (χ0) is 25.8. The Balaban J connectivity index is 1.83. The first-order chi connectivity index (χ1) is 15.7. The third-order valence-corrected chi connectivity index (χ3v) is 6.82. The number of aliphatic hydroxyl groups is 14. The van der Waals surface area contributed by atoms with Crippen LogP contribution in [-0.2, 0) is 9.47 Å². The van der Waals surface area contributed by atoms with Gasteiger partial charge in [0.1, 0.15) is 110 Å². The summed E-state index contributed by atoms with van der Waals surface area (Å²) in [6, 6.07) is 0. The van der Waals surface area contributed by atoms with Crippen molar-refractivity contribution in [3.05, 3.63) is 0 Å². The summed E-state index contributed by atoms with van der Waals surface area (Å²) in [6.45, 7) is 0. The number of ether oxygens (including phenoxy) is 2. The minimum absolute atomic E-state index is 1.92. The van der Waals surface area contributed by atoms with Crippen LogP contribution in [0.3, 0.4) is 0 Å². The summed E-state index contributed by atoms with van der Waals surface area (Å²) >= 11 is 0. The van der Waals surface area contributed by atoms with Gasteiger partial charge < -0.3 is 81.0 Å². The summed E-state index contributed by atoms with van der Waals surface area (Å²) in [5, 5.41) is 141. The van der Waals surface area contributed by atoms with Crippen LogP contribution in [-0.4, -0.2) is 181 Å². The van der Waals surface area contributed by atoms with Crippen molar-refractivity contribution in [1.29, 1.82) is 0 Å². The maximum Gasteiger partial charge on any atom is 0.115 e. The van der Waals surface area contributed by atoms with Gasteiger partial charge in [-0.3, -0.25) is 0 Å². The molecule has 3 fully saturated rings. The molecule has 34 heavy (non-hydrogen) atoms. The molecular weight excluding hydrogens is 472 g/mol. The highest BCUT2D eigenvalue weighted by Gasteiger charge is 2.57. The third kappa shape index (κ3) is 4.59. The molecule has 3 aliphatic rings. The molecule has 16 nitrogen and oxygen atoms in total. The van der Waals surface area contributed by atoms with Gasteiger partial charge in [-0.15, -0.1) is 0 Å². The summed E-state index contributed by atoms with van der Waals surface area (Å²) in [4.78, 5) is 0. The first-order valence-electron chi connectivity index (χ1n) is 10.6. The van der Waals surface area contributed by atoms with Crippen LogP contribution in [0.25, 0.3) is 0 Å². The zero-order valence-corrected chi connectivity index (χ0v) is 17.5. The van der Waals surface area contributed by atoms with Crippen LogP contribution < -0.4 is 0 Å². The summed E-state index contributed by atoms with van der Waals surface area (Å²) in [5.74, 6) is 0. The highest BCUT2D eigenvalue weighted by atomic mass is 16.6. The van der Waals surface area contributed by atoms with Crippen molar-refractivity contribution in [2.75, 3.05) is 0 Å². The van der Waals surface area contributed by atoms with Gasteiger partial charge in [-0.1, -0.05) is 0 Å². The fourth-order valence-electron chi connectivity index (χ4n) is 4.58. The molecule has 0 radical (unpaired) electrons. The lowest BCUT2D eigenvalue weighted by atomic mass is 9.81. The van der Waals surface area contributed by atoms with Crippen LogP contribution in [0.1, 0.15) is 0 Å². The molecule has 12 atom stereocenters. The minimum atomic E-state index is -2.13. The molecule has 0 spiro atoms. The minimum Gasteiger partial charge on any atom is -0.387 e. The molecule has 3 aliphatic carbocycles. The van der Waals surface area contributed by atoms with Crippen LogP contribution in [0.15, 0.2) is 0 Å². The van der Waals surface area contributed by atoms with Gasteiger partial charge in [0.15, 0.2) is 0 Å². The molecule has 0 bridgehead atoms. The van der Waals surface area contributed by atoms with E-state index in [2.05, 4.69) is 0 Å². The van der Waals surface area contributed by atoms with Crippen molar-refractivity contribution in [3.8, 4) is 0 Å². The Kier molecular flexibility index (Phi) is 8.53. The van der Waals surface area contributed by atoms with Crippen LogP contribution >= 0.6 is 0 Å². The summed E-state index contributed by atoms with van der Waals surface area (Å²) in [6.07, 6.45) is -36.3. The van der Waals surface area contributed by atoms with Crippen LogP contribution in [0.2, 0.25) is 0 Å². The normalized spacial score (nSPS) is 59.1. The van der Waals surface area contributed by atoms with Crippen LogP contribution in [0.4, 0.5) is 0 Å². The van der Waals surface area contributed by atoms with Gasteiger partial charge in [0.25, 0.3) is 0 Å². The Morgan fingerprint density at radius 2 is 0.353 bits per heavy atom. The second-order valence-corrected chi connectivity index (χ2v) is 9.00. The van der Waals surface area contributed by atoms with Gasteiger partial charge in [0.2, 0.25) is 0 Å². The van der Waals surface area contributed by atoms with Crippen molar-refractivity contribution in [2.45, 2.75) is 110 Å². The van der Waals surface area contributed by atoms with E-state index in [-0.39, 0.29) is 0 Å². The monoisotopic (exact) mass is 504 g/mol. The SMILES string of the molecule is OC1C(O)C(O)C(OC2C(O)C(O)C(O)C(OC3C(O)C(O)C(O)C(O)C3O)C2O)C(O)C1O. The first-order valence-corrected chi connectivity index (χ1v) is 10.6. The van der Waals surface area contributed by atoms with Gasteiger partial charge in [-0.25, -0.2) is 0 Å². The lowest BCUT2D eigenvalue weighted by Crippen LogP contribution is -2.71. The molecule has 0 aromatic carbocycles. The van der Waals surface area contributed by atoms with Crippen LogP contribution in [0.5, 0.6) is 0 Å². The van der Waals surface area contributed by atoms with Crippen molar-refractivity contribution < 1.29 is 81.0 Å². The summed E-state index contributed by atoms with van der Waals surface area (Å²) in [7, 11) is 0. The molecule has 0 saturated heterocycles. The predicted molar refractivity (Wildman–Crippen MR) is 101 cm³/mol. The molecule has 0 heterocycles. The average Bonchev–Trinajstić information content (AvgIpc) is 2.81. The Morgan fingerprint density at radius 3 is 0.588 bits per heavy atom. The van der Waals surface area contributed by atoms with Crippen molar-refractivity contribution in [2.24, 2.45) is 0 Å². The molecule has 16 heteroatoms. The fraction of sp³-hybridized carbons (Fsp3) is 1.00. The maximum atomic E-state index is 10.7. The molecule has 0 aromatic rings. The lowest BCUT2D eigenvalue weighted by molar-refractivity contribution is -0.312. The van der Waals surface area contributed by atoms with Gasteiger partial charge >= 0.3 is 0 Å². The second kappa shape index (κ2) is 10.4. The van der Waals surface area contributed by atoms with E-state index < -0.39 is 110 Å². The molecule has 3 rings (SSSR count). The molecule has 0 aliphatic heterocycles. The number of rotatable bonds is 4. The Morgan fingerprint density at radius 1 is 0.206 bits per heavy atom. The molecular formula is C18H32O16. The fourth-order valence-corrected chi connectivity index (χ4v) is 4.58. The topological polar surface area (TPSA) is 302 Å². The molecule has 0 amide bonds. The van der Waals surface area contributed by atoms with E-state index in [0.29, 0.717) is 0 Å². The number of aliphatic hydroxyl groups excluding tert-OH is 14. The molecule has 12 unspecified atom stereocenters. The largest absolute Gasteiger partial charge is 0.387 e. The van der Waals surface area contributed by atoms with E-state index in [1.54, 1.807) is 0 Å². The van der Waals surface area contributed by atoms with Crippen LogP contribution in [0, 0.1) is 0 Å². The van der Waals surface area contributed by atoms with E-state index in [4.69, 9.17) is 9.47 Å². The van der Waals surface area contributed by atoms with E-state index >= 15 is 0 Å². The van der Waals surface area contributed by atoms with Crippen molar-refractivity contribution in [3.63, 3.8) is 0 Å². The van der Waals surface area contributed by atoms with Crippen molar-refractivity contribution in [1.82, 2.24) is 0 Å². The standard InChI is InChI=1S/C18H32O16/c19-1-3(21)8(26)15(9(27)4(1)22)33-17-12(30)7(25)13(31)18(14(17)32)34-16-10(28)5(23)2(20)6(24)11(16)29/h1-32H.